The molecule has 1 spiro atoms. The van der Waals surface area contributed by atoms with Crippen molar-refractivity contribution in [2.45, 2.75) is 59.0 Å². The smallest absolute Gasteiger partial charge is 0.223 e. The molecule has 0 aromatic heterocycles. The fraction of sp³-hybridized carbons (Fsp3) is 0.533. The van der Waals surface area contributed by atoms with E-state index in [-0.39, 0.29) is 41.6 Å². The lowest BCUT2D eigenvalue weighted by molar-refractivity contribution is -0.128. The van der Waals surface area contributed by atoms with E-state index in [9.17, 15) is 9.59 Å². The number of ether oxygens (including phenoxy) is 1. The minimum absolute atomic E-state index is 0. The summed E-state index contributed by atoms with van der Waals surface area (Å²) in [7, 11) is 0. The highest BCUT2D eigenvalue weighted by atomic mass is 35.5. The zero-order valence-electron chi connectivity index (χ0n) is 22.4. The number of carbonyl (C=O) groups is 2. The molecule has 2 aliphatic rings. The Morgan fingerprint density at radius 2 is 1.73 bits per heavy atom. The molecule has 2 saturated heterocycles. The van der Waals surface area contributed by atoms with Gasteiger partial charge >= 0.3 is 0 Å². The van der Waals surface area contributed by atoms with Crippen LogP contribution in [0, 0.1) is 11.3 Å². The Kier molecular flexibility index (Phi) is 10.4. The number of nitrogens with zero attached hydrogens (tertiary/aromatic N) is 2. The Bertz CT molecular complexity index is 1000. The first-order valence-electron chi connectivity index (χ1n) is 13.4. The highest BCUT2D eigenvalue weighted by molar-refractivity contribution is 5.85. The molecule has 2 aliphatic heterocycles. The van der Waals surface area contributed by atoms with Crippen LogP contribution in [0.15, 0.2) is 54.6 Å². The standard InChI is InChI=1S/C30H41N3O3.ClH/c1-4-36-26-12-10-24(11-13-26)21-33-22-30(20-28(33)34)15-18-32(19-16-30)17-14-27(31-29(35)23(2)3)25-8-6-5-7-9-25;/h5-13,23,27H,4,14-22H2,1-3H3,(H,31,35);1H/t27-;/m0./s1. The van der Waals surface area contributed by atoms with Gasteiger partial charge in [-0.25, -0.2) is 0 Å². The zero-order chi connectivity index (χ0) is 25.5. The molecule has 4 rings (SSSR count). The van der Waals surface area contributed by atoms with Crippen molar-refractivity contribution >= 4 is 24.2 Å². The maximum Gasteiger partial charge on any atom is 0.223 e. The maximum absolute atomic E-state index is 12.9. The first-order chi connectivity index (χ1) is 17.4. The molecule has 37 heavy (non-hydrogen) atoms. The van der Waals surface area contributed by atoms with Crippen LogP contribution in [0.25, 0.3) is 0 Å². The number of piperidine rings is 1. The molecular formula is C30H42ClN3O3. The van der Waals surface area contributed by atoms with Crippen molar-refractivity contribution in [3.05, 3.63) is 65.7 Å². The number of hydrogen-bond acceptors (Lipinski definition) is 4. The highest BCUT2D eigenvalue weighted by Gasteiger charge is 2.44. The van der Waals surface area contributed by atoms with Gasteiger partial charge in [0.25, 0.3) is 0 Å². The van der Waals surface area contributed by atoms with Crippen LogP contribution in [0.5, 0.6) is 5.75 Å². The second-order valence-electron chi connectivity index (χ2n) is 10.8. The van der Waals surface area contributed by atoms with Gasteiger partial charge in [-0.1, -0.05) is 56.3 Å². The zero-order valence-corrected chi connectivity index (χ0v) is 23.3. The molecule has 0 bridgehead atoms. The Morgan fingerprint density at radius 3 is 2.35 bits per heavy atom. The van der Waals surface area contributed by atoms with E-state index in [0.29, 0.717) is 19.6 Å². The van der Waals surface area contributed by atoms with Gasteiger partial charge in [-0.05, 0) is 68.0 Å². The molecule has 6 nitrogen and oxygen atoms in total. The lowest BCUT2D eigenvalue weighted by atomic mass is 9.77. The summed E-state index contributed by atoms with van der Waals surface area (Å²) in [6.07, 6.45) is 3.65. The first kappa shape index (κ1) is 29.0. The van der Waals surface area contributed by atoms with Gasteiger partial charge in [0.2, 0.25) is 11.8 Å². The summed E-state index contributed by atoms with van der Waals surface area (Å²) in [6.45, 7) is 11.0. The summed E-state index contributed by atoms with van der Waals surface area (Å²) >= 11 is 0. The van der Waals surface area contributed by atoms with Crippen LogP contribution in [-0.4, -0.2) is 54.4 Å². The summed E-state index contributed by atoms with van der Waals surface area (Å²) in [4.78, 5) is 29.8. The number of hydrogen-bond donors (Lipinski definition) is 1. The van der Waals surface area contributed by atoms with Crippen LogP contribution in [-0.2, 0) is 16.1 Å². The third-order valence-electron chi connectivity index (χ3n) is 7.71. The lowest BCUT2D eigenvalue weighted by Crippen LogP contribution is -2.43. The van der Waals surface area contributed by atoms with E-state index < -0.39 is 0 Å². The van der Waals surface area contributed by atoms with Gasteiger partial charge in [-0.3, -0.25) is 9.59 Å². The van der Waals surface area contributed by atoms with Crippen molar-refractivity contribution in [1.29, 1.82) is 0 Å². The number of benzene rings is 2. The Balaban J connectivity index is 0.00000380. The first-order valence-corrected chi connectivity index (χ1v) is 13.4. The van der Waals surface area contributed by atoms with Crippen molar-refractivity contribution in [1.82, 2.24) is 15.1 Å². The van der Waals surface area contributed by atoms with Gasteiger partial charge in [-0.15, -0.1) is 12.4 Å². The number of rotatable bonds is 10. The van der Waals surface area contributed by atoms with Crippen LogP contribution < -0.4 is 10.1 Å². The second-order valence-corrected chi connectivity index (χ2v) is 10.8. The summed E-state index contributed by atoms with van der Waals surface area (Å²) in [6, 6.07) is 18.4. The highest BCUT2D eigenvalue weighted by Crippen LogP contribution is 2.41. The molecule has 0 radical (unpaired) electrons. The average Bonchev–Trinajstić information content (AvgIpc) is 3.18. The van der Waals surface area contributed by atoms with E-state index in [4.69, 9.17) is 4.74 Å². The van der Waals surface area contributed by atoms with E-state index in [1.165, 1.54) is 0 Å². The molecule has 2 aromatic carbocycles. The largest absolute Gasteiger partial charge is 0.494 e. The number of nitrogens with one attached hydrogen (secondary N) is 1. The van der Waals surface area contributed by atoms with Crippen LogP contribution >= 0.6 is 12.4 Å². The third kappa shape index (κ3) is 7.71. The monoisotopic (exact) mass is 527 g/mol. The second kappa shape index (κ2) is 13.3. The number of amides is 2. The minimum atomic E-state index is -0.0310. The Labute approximate surface area is 228 Å². The topological polar surface area (TPSA) is 61.9 Å². The van der Waals surface area contributed by atoms with E-state index in [2.05, 4.69) is 34.5 Å². The van der Waals surface area contributed by atoms with E-state index >= 15 is 0 Å². The van der Waals surface area contributed by atoms with Gasteiger partial charge in [0.15, 0.2) is 0 Å². The number of carbonyl (C=O) groups excluding carboxylic acids is 2. The molecule has 2 aromatic rings. The fourth-order valence-electron chi connectivity index (χ4n) is 5.45. The van der Waals surface area contributed by atoms with Gasteiger partial charge in [0.1, 0.15) is 5.75 Å². The fourth-order valence-corrected chi connectivity index (χ4v) is 5.45. The van der Waals surface area contributed by atoms with Crippen molar-refractivity contribution < 1.29 is 14.3 Å². The molecule has 0 unspecified atom stereocenters. The predicted octanol–water partition coefficient (Wildman–Crippen LogP) is 5.23. The van der Waals surface area contributed by atoms with E-state index in [1.54, 1.807) is 0 Å². The molecule has 2 amide bonds. The van der Waals surface area contributed by atoms with Crippen molar-refractivity contribution in [2.75, 3.05) is 32.8 Å². The number of likely N-dealkylation sites (tertiary alicyclic amines) is 2. The maximum atomic E-state index is 12.9. The molecule has 0 saturated carbocycles. The SMILES string of the molecule is CCOc1ccc(CN2CC3(CCN(CC[C@H](NC(=O)C(C)C)c4ccccc4)CC3)CC2=O)cc1.Cl. The molecule has 2 heterocycles. The Hall–Kier alpha value is -2.57. The molecule has 1 atom stereocenters. The van der Waals surface area contributed by atoms with Crippen LogP contribution in [0.3, 0.4) is 0 Å². The molecule has 7 heteroatoms. The average molecular weight is 528 g/mol. The van der Waals surface area contributed by atoms with Crippen LogP contribution in [0.2, 0.25) is 0 Å². The molecule has 0 aliphatic carbocycles. The molecule has 2 fully saturated rings. The van der Waals surface area contributed by atoms with Gasteiger partial charge < -0.3 is 19.9 Å². The normalized spacial score (nSPS) is 18.1. The molecule has 1 N–H and O–H groups in total. The summed E-state index contributed by atoms with van der Waals surface area (Å²) in [5.41, 5.74) is 2.41. The van der Waals surface area contributed by atoms with E-state index in [1.807, 2.05) is 56.0 Å². The van der Waals surface area contributed by atoms with Gasteiger partial charge in [0.05, 0.1) is 12.6 Å². The summed E-state index contributed by atoms with van der Waals surface area (Å²) < 4.78 is 5.54. The van der Waals surface area contributed by atoms with Gasteiger partial charge in [0, 0.05) is 32.0 Å². The summed E-state index contributed by atoms with van der Waals surface area (Å²) in [5.74, 6) is 1.21. The third-order valence-corrected chi connectivity index (χ3v) is 7.71. The molecule has 202 valence electrons. The van der Waals surface area contributed by atoms with Crippen LogP contribution in [0.1, 0.15) is 63.6 Å². The predicted molar refractivity (Wildman–Crippen MR) is 150 cm³/mol. The van der Waals surface area contributed by atoms with E-state index in [0.717, 1.165) is 62.3 Å². The van der Waals surface area contributed by atoms with Gasteiger partial charge in [-0.2, -0.15) is 0 Å². The summed E-state index contributed by atoms with van der Waals surface area (Å²) in [5, 5.41) is 3.24. The van der Waals surface area contributed by atoms with Crippen molar-refractivity contribution in [3.63, 3.8) is 0 Å². The van der Waals surface area contributed by atoms with Crippen LogP contribution in [0.4, 0.5) is 0 Å². The van der Waals surface area contributed by atoms with Crippen molar-refractivity contribution in [3.8, 4) is 5.75 Å². The number of halogens is 1. The van der Waals surface area contributed by atoms with Crippen molar-refractivity contribution in [2.24, 2.45) is 11.3 Å². The lowest BCUT2D eigenvalue weighted by Gasteiger charge is -2.39. The minimum Gasteiger partial charge on any atom is -0.494 e. The Morgan fingerprint density at radius 1 is 1.05 bits per heavy atom. The quantitative estimate of drug-likeness (QED) is 0.460. The molecular weight excluding hydrogens is 486 g/mol.